The summed E-state index contributed by atoms with van der Waals surface area (Å²) in [6.45, 7) is 5.25. The van der Waals surface area contributed by atoms with Crippen LogP contribution in [0.1, 0.15) is 17.4 Å². The summed E-state index contributed by atoms with van der Waals surface area (Å²) in [5.74, 6) is 0.937. The molecule has 0 spiro atoms. The van der Waals surface area contributed by atoms with Gasteiger partial charge in [0.05, 0.1) is 0 Å². The third kappa shape index (κ3) is 3.17. The summed E-state index contributed by atoms with van der Waals surface area (Å²) in [5, 5.41) is 12.1. The van der Waals surface area contributed by atoms with E-state index in [-0.39, 0.29) is 5.91 Å². The Balaban J connectivity index is 2.03. The highest BCUT2D eigenvalue weighted by Gasteiger charge is 2.19. The number of piperazine rings is 1. The SMILES string of the molecule is CCSc1ccc(C(=O)N2CCNCC2)nn1. The van der Waals surface area contributed by atoms with Gasteiger partial charge >= 0.3 is 0 Å². The molecule has 5 nitrogen and oxygen atoms in total. The van der Waals surface area contributed by atoms with Crippen molar-refractivity contribution in [2.45, 2.75) is 11.9 Å². The van der Waals surface area contributed by atoms with Gasteiger partial charge in [0.15, 0.2) is 5.69 Å². The van der Waals surface area contributed by atoms with Gasteiger partial charge in [-0.2, -0.15) is 0 Å². The fraction of sp³-hybridized carbons (Fsp3) is 0.545. The number of hydrogen-bond acceptors (Lipinski definition) is 5. The molecule has 6 heteroatoms. The Labute approximate surface area is 105 Å². The van der Waals surface area contributed by atoms with E-state index in [4.69, 9.17) is 0 Å². The molecule has 0 aliphatic carbocycles. The van der Waals surface area contributed by atoms with Crippen LogP contribution in [0.2, 0.25) is 0 Å². The van der Waals surface area contributed by atoms with Gasteiger partial charge in [-0.1, -0.05) is 6.92 Å². The Morgan fingerprint density at radius 3 is 2.76 bits per heavy atom. The van der Waals surface area contributed by atoms with E-state index in [9.17, 15) is 4.79 Å². The van der Waals surface area contributed by atoms with Crippen LogP contribution in [0.5, 0.6) is 0 Å². The third-order valence-electron chi connectivity index (χ3n) is 2.56. The lowest BCUT2D eigenvalue weighted by Gasteiger charge is -2.26. The van der Waals surface area contributed by atoms with Gasteiger partial charge in [-0.25, -0.2) is 0 Å². The standard InChI is InChI=1S/C11H16N4OS/c1-2-17-10-4-3-9(13-14-10)11(16)15-7-5-12-6-8-15/h3-4,12H,2,5-8H2,1H3. The van der Waals surface area contributed by atoms with E-state index in [0.717, 1.165) is 37.0 Å². The first-order chi connectivity index (χ1) is 8.31. The molecule has 0 radical (unpaired) electrons. The number of nitrogens with zero attached hydrogens (tertiary/aromatic N) is 3. The van der Waals surface area contributed by atoms with Crippen molar-refractivity contribution >= 4 is 17.7 Å². The Bertz CT molecular complexity index is 376. The van der Waals surface area contributed by atoms with Gasteiger partial charge in [-0.05, 0) is 17.9 Å². The van der Waals surface area contributed by atoms with Crippen LogP contribution in [-0.4, -0.2) is 52.9 Å². The summed E-state index contributed by atoms with van der Waals surface area (Å²) >= 11 is 1.62. The molecule has 1 aromatic heterocycles. The van der Waals surface area contributed by atoms with Gasteiger partial charge in [0.1, 0.15) is 5.03 Å². The lowest BCUT2D eigenvalue weighted by Crippen LogP contribution is -2.46. The molecule has 1 aliphatic rings. The molecule has 17 heavy (non-hydrogen) atoms. The molecule has 1 saturated heterocycles. The summed E-state index contributed by atoms with van der Waals surface area (Å²) in [6.07, 6.45) is 0. The van der Waals surface area contributed by atoms with Crippen LogP contribution in [0.3, 0.4) is 0 Å². The van der Waals surface area contributed by atoms with E-state index in [2.05, 4.69) is 22.4 Å². The average molecular weight is 252 g/mol. The Morgan fingerprint density at radius 2 is 2.18 bits per heavy atom. The van der Waals surface area contributed by atoms with Crippen LogP contribution in [0, 0.1) is 0 Å². The fourth-order valence-electron chi connectivity index (χ4n) is 1.69. The predicted molar refractivity (Wildman–Crippen MR) is 67.2 cm³/mol. The van der Waals surface area contributed by atoms with Crippen molar-refractivity contribution in [3.05, 3.63) is 17.8 Å². The molecule has 1 N–H and O–H groups in total. The Morgan fingerprint density at radius 1 is 1.41 bits per heavy atom. The van der Waals surface area contributed by atoms with Crippen molar-refractivity contribution < 1.29 is 4.79 Å². The maximum atomic E-state index is 12.1. The van der Waals surface area contributed by atoms with Crippen molar-refractivity contribution in [3.8, 4) is 0 Å². The van der Waals surface area contributed by atoms with Crippen LogP contribution < -0.4 is 5.32 Å². The molecule has 0 aromatic carbocycles. The Kier molecular flexibility index (Phi) is 4.33. The van der Waals surface area contributed by atoms with Gasteiger partial charge in [-0.3, -0.25) is 4.79 Å². The van der Waals surface area contributed by atoms with E-state index < -0.39 is 0 Å². The summed E-state index contributed by atoms with van der Waals surface area (Å²) < 4.78 is 0. The zero-order valence-electron chi connectivity index (χ0n) is 9.85. The zero-order valence-corrected chi connectivity index (χ0v) is 10.7. The van der Waals surface area contributed by atoms with E-state index >= 15 is 0 Å². The number of aromatic nitrogens is 2. The third-order valence-corrected chi connectivity index (χ3v) is 3.36. The normalized spacial score (nSPS) is 15.9. The van der Waals surface area contributed by atoms with Crippen LogP contribution in [0.15, 0.2) is 17.2 Å². The molecule has 1 aromatic rings. The van der Waals surface area contributed by atoms with Crippen LogP contribution in [-0.2, 0) is 0 Å². The van der Waals surface area contributed by atoms with Crippen molar-refractivity contribution in [1.82, 2.24) is 20.4 Å². The number of thioether (sulfide) groups is 1. The molecular weight excluding hydrogens is 236 g/mol. The molecule has 0 atom stereocenters. The molecule has 1 aliphatic heterocycles. The minimum Gasteiger partial charge on any atom is -0.335 e. The highest BCUT2D eigenvalue weighted by Crippen LogP contribution is 2.13. The molecule has 92 valence electrons. The average Bonchev–Trinajstić information content (AvgIpc) is 2.40. The monoisotopic (exact) mass is 252 g/mol. The summed E-state index contributed by atoms with van der Waals surface area (Å²) in [4.78, 5) is 13.9. The molecule has 1 fully saturated rings. The van der Waals surface area contributed by atoms with Gasteiger partial charge in [0.2, 0.25) is 0 Å². The molecule has 1 amide bonds. The quantitative estimate of drug-likeness (QED) is 0.800. The van der Waals surface area contributed by atoms with Crippen molar-refractivity contribution in [3.63, 3.8) is 0 Å². The number of carbonyl (C=O) groups is 1. The number of amides is 1. The van der Waals surface area contributed by atoms with Gasteiger partial charge in [0, 0.05) is 26.2 Å². The lowest BCUT2D eigenvalue weighted by molar-refractivity contribution is 0.0728. The number of rotatable bonds is 3. The summed E-state index contributed by atoms with van der Waals surface area (Å²) in [5.41, 5.74) is 0.437. The smallest absolute Gasteiger partial charge is 0.274 e. The molecule has 2 heterocycles. The molecule has 2 rings (SSSR count). The second kappa shape index (κ2) is 5.97. The van der Waals surface area contributed by atoms with Gasteiger partial charge in [-0.15, -0.1) is 22.0 Å². The fourth-order valence-corrected chi connectivity index (χ4v) is 2.25. The predicted octanol–water partition coefficient (Wildman–Crippen LogP) is 0.634. The minimum absolute atomic E-state index is 0.0213. The zero-order chi connectivity index (χ0) is 12.1. The van der Waals surface area contributed by atoms with Crippen molar-refractivity contribution in [2.75, 3.05) is 31.9 Å². The van der Waals surface area contributed by atoms with E-state index in [1.54, 1.807) is 17.8 Å². The Hall–Kier alpha value is -1.14. The van der Waals surface area contributed by atoms with Gasteiger partial charge < -0.3 is 10.2 Å². The second-order valence-electron chi connectivity index (χ2n) is 3.73. The van der Waals surface area contributed by atoms with Gasteiger partial charge in [0.25, 0.3) is 5.91 Å². The molecule has 0 unspecified atom stereocenters. The first kappa shape index (κ1) is 12.3. The van der Waals surface area contributed by atoms with E-state index in [1.807, 2.05) is 11.0 Å². The topological polar surface area (TPSA) is 58.1 Å². The van der Waals surface area contributed by atoms with Crippen molar-refractivity contribution in [1.29, 1.82) is 0 Å². The lowest BCUT2D eigenvalue weighted by atomic mass is 10.3. The molecule has 0 saturated carbocycles. The van der Waals surface area contributed by atoms with Crippen LogP contribution in [0.4, 0.5) is 0 Å². The molecule has 0 bridgehead atoms. The largest absolute Gasteiger partial charge is 0.335 e. The minimum atomic E-state index is -0.0213. The maximum Gasteiger partial charge on any atom is 0.274 e. The number of carbonyl (C=O) groups excluding carboxylic acids is 1. The highest BCUT2D eigenvalue weighted by atomic mass is 32.2. The van der Waals surface area contributed by atoms with E-state index in [1.165, 1.54) is 0 Å². The number of hydrogen-bond donors (Lipinski definition) is 1. The van der Waals surface area contributed by atoms with Crippen LogP contribution >= 0.6 is 11.8 Å². The van der Waals surface area contributed by atoms with E-state index in [0.29, 0.717) is 5.69 Å². The maximum absolute atomic E-state index is 12.1. The van der Waals surface area contributed by atoms with Crippen molar-refractivity contribution in [2.24, 2.45) is 0 Å². The first-order valence-electron chi connectivity index (χ1n) is 5.78. The molecular formula is C11H16N4OS. The van der Waals surface area contributed by atoms with Crippen LogP contribution in [0.25, 0.3) is 0 Å². The summed E-state index contributed by atoms with van der Waals surface area (Å²) in [7, 11) is 0. The summed E-state index contributed by atoms with van der Waals surface area (Å²) in [6, 6.07) is 3.62. The second-order valence-corrected chi connectivity index (χ2v) is 5.02. The first-order valence-corrected chi connectivity index (χ1v) is 6.76. The number of nitrogens with one attached hydrogen (secondary N) is 1. The highest BCUT2D eigenvalue weighted by molar-refractivity contribution is 7.99.